The van der Waals surface area contributed by atoms with Gasteiger partial charge in [-0.25, -0.2) is 8.42 Å². The van der Waals surface area contributed by atoms with Crippen LogP contribution in [0.15, 0.2) is 71.6 Å². The minimum absolute atomic E-state index is 0.0979. The number of amides is 2. The molecule has 0 aromatic heterocycles. The molecule has 1 atom stereocenters. The summed E-state index contributed by atoms with van der Waals surface area (Å²) in [4.78, 5) is 28.5. The van der Waals surface area contributed by atoms with Gasteiger partial charge in [-0.2, -0.15) is 0 Å². The maximum absolute atomic E-state index is 14.0. The number of aryl methyl sites for hydroxylation is 3. The lowest BCUT2D eigenvalue weighted by atomic mass is 10.1. The van der Waals surface area contributed by atoms with E-state index in [2.05, 4.69) is 5.32 Å². The first-order chi connectivity index (χ1) is 18.4. The zero-order chi connectivity index (χ0) is 28.7. The molecular formula is C31H39N3O4S. The van der Waals surface area contributed by atoms with Crippen molar-refractivity contribution < 1.29 is 18.0 Å². The molecule has 0 fully saturated rings. The van der Waals surface area contributed by atoms with Crippen molar-refractivity contribution in [1.29, 1.82) is 0 Å². The van der Waals surface area contributed by atoms with Crippen molar-refractivity contribution in [1.82, 2.24) is 10.2 Å². The third kappa shape index (κ3) is 7.26. The molecule has 1 N–H and O–H groups in total. The van der Waals surface area contributed by atoms with Crippen LogP contribution in [0.3, 0.4) is 0 Å². The second-order valence-corrected chi connectivity index (χ2v) is 11.9. The Bertz CT molecular complexity index is 1420. The topological polar surface area (TPSA) is 86.8 Å². The molecule has 0 aliphatic carbocycles. The van der Waals surface area contributed by atoms with E-state index in [-0.39, 0.29) is 17.3 Å². The van der Waals surface area contributed by atoms with E-state index in [0.717, 1.165) is 34.2 Å². The molecule has 39 heavy (non-hydrogen) atoms. The highest BCUT2D eigenvalue weighted by Crippen LogP contribution is 2.29. The fourth-order valence-electron chi connectivity index (χ4n) is 4.34. The zero-order valence-electron chi connectivity index (χ0n) is 23.7. The molecule has 2 amide bonds. The SMILES string of the molecule is CCCNC(=O)C(C)N(Cc1cccc(C)c1)C(=O)CN(c1cccc(C)c1C)S(=O)(=O)c1ccc(C)cc1. The molecule has 3 rings (SSSR count). The average Bonchev–Trinajstić information content (AvgIpc) is 2.90. The minimum Gasteiger partial charge on any atom is -0.354 e. The molecule has 0 aliphatic heterocycles. The number of carbonyl (C=O) groups is 2. The van der Waals surface area contributed by atoms with Crippen molar-refractivity contribution in [2.24, 2.45) is 0 Å². The zero-order valence-corrected chi connectivity index (χ0v) is 24.5. The molecule has 0 radical (unpaired) electrons. The second kappa shape index (κ2) is 12.9. The molecule has 7 nitrogen and oxygen atoms in total. The number of nitrogens with one attached hydrogen (secondary N) is 1. The Morgan fingerprint density at radius 3 is 2.21 bits per heavy atom. The van der Waals surface area contributed by atoms with E-state index in [1.54, 1.807) is 43.3 Å². The van der Waals surface area contributed by atoms with Gasteiger partial charge >= 0.3 is 0 Å². The van der Waals surface area contributed by atoms with Crippen molar-refractivity contribution in [2.45, 2.75) is 65.4 Å². The molecule has 0 spiro atoms. The van der Waals surface area contributed by atoms with Crippen LogP contribution in [0.2, 0.25) is 0 Å². The number of sulfonamides is 1. The van der Waals surface area contributed by atoms with Gasteiger partial charge in [0.25, 0.3) is 10.0 Å². The Kier molecular flexibility index (Phi) is 9.92. The molecule has 0 saturated heterocycles. The van der Waals surface area contributed by atoms with Crippen molar-refractivity contribution >= 4 is 27.5 Å². The lowest BCUT2D eigenvalue weighted by molar-refractivity contribution is -0.139. The van der Waals surface area contributed by atoms with E-state index in [4.69, 9.17) is 0 Å². The fraction of sp³-hybridized carbons (Fsp3) is 0.355. The Balaban J connectivity index is 2.06. The Hall–Kier alpha value is -3.65. The van der Waals surface area contributed by atoms with E-state index in [9.17, 15) is 18.0 Å². The van der Waals surface area contributed by atoms with Crippen molar-refractivity contribution in [3.8, 4) is 0 Å². The van der Waals surface area contributed by atoms with Crippen molar-refractivity contribution in [2.75, 3.05) is 17.4 Å². The first kappa shape index (κ1) is 29.9. The van der Waals surface area contributed by atoms with E-state index >= 15 is 0 Å². The van der Waals surface area contributed by atoms with Crippen molar-refractivity contribution in [3.63, 3.8) is 0 Å². The number of rotatable bonds is 11. The molecule has 208 valence electrons. The highest BCUT2D eigenvalue weighted by Gasteiger charge is 2.33. The molecule has 3 aromatic rings. The molecule has 8 heteroatoms. The van der Waals surface area contributed by atoms with Crippen LogP contribution in [-0.4, -0.2) is 44.3 Å². The van der Waals surface area contributed by atoms with Gasteiger partial charge in [-0.1, -0.05) is 66.6 Å². The Morgan fingerprint density at radius 2 is 1.56 bits per heavy atom. The van der Waals surface area contributed by atoms with Crippen LogP contribution in [0.4, 0.5) is 5.69 Å². The van der Waals surface area contributed by atoms with Gasteiger partial charge in [-0.05, 0) is 75.9 Å². The lowest BCUT2D eigenvalue weighted by Crippen LogP contribution is -2.51. The van der Waals surface area contributed by atoms with Gasteiger partial charge in [-0.15, -0.1) is 0 Å². The van der Waals surface area contributed by atoms with E-state index in [1.165, 1.54) is 9.21 Å². The summed E-state index contributed by atoms with van der Waals surface area (Å²) in [5, 5.41) is 2.86. The normalized spacial score (nSPS) is 12.1. The third-order valence-corrected chi connectivity index (χ3v) is 8.66. The smallest absolute Gasteiger partial charge is 0.264 e. The number of anilines is 1. The van der Waals surface area contributed by atoms with Crippen LogP contribution < -0.4 is 9.62 Å². The van der Waals surface area contributed by atoms with Crippen LogP contribution >= 0.6 is 0 Å². The largest absolute Gasteiger partial charge is 0.354 e. The van der Waals surface area contributed by atoms with Crippen LogP contribution in [0.1, 0.15) is 48.1 Å². The van der Waals surface area contributed by atoms with Gasteiger partial charge in [0.1, 0.15) is 12.6 Å². The minimum atomic E-state index is -4.09. The monoisotopic (exact) mass is 549 g/mol. The number of hydrogen-bond acceptors (Lipinski definition) is 4. The molecule has 1 unspecified atom stereocenters. The molecular weight excluding hydrogens is 510 g/mol. The molecule has 0 saturated carbocycles. The van der Waals surface area contributed by atoms with Crippen LogP contribution in [0, 0.1) is 27.7 Å². The predicted molar refractivity (Wildman–Crippen MR) is 156 cm³/mol. The summed E-state index contributed by atoms with van der Waals surface area (Å²) in [5.41, 5.74) is 4.93. The standard InChI is InChI=1S/C31H39N3O4S/c1-7-18-32-31(36)26(6)33(20-27-12-8-10-23(3)19-27)30(35)21-34(29-13-9-11-24(4)25(29)5)39(37,38)28-16-14-22(2)15-17-28/h8-17,19,26H,7,18,20-21H2,1-6H3,(H,32,36). The van der Waals surface area contributed by atoms with Crippen molar-refractivity contribution in [3.05, 3.63) is 94.5 Å². The summed E-state index contributed by atoms with van der Waals surface area (Å²) in [5.74, 6) is -0.746. The van der Waals surface area contributed by atoms with Gasteiger partial charge in [-0.3, -0.25) is 13.9 Å². The Labute approximate surface area is 232 Å². The fourth-order valence-corrected chi connectivity index (χ4v) is 5.81. The molecule has 0 aliphatic rings. The number of nitrogens with zero attached hydrogens (tertiary/aromatic N) is 2. The summed E-state index contributed by atoms with van der Waals surface area (Å²) in [7, 11) is -4.09. The van der Waals surface area contributed by atoms with Crippen LogP contribution in [0.5, 0.6) is 0 Å². The summed E-state index contributed by atoms with van der Waals surface area (Å²) in [6.07, 6.45) is 0.763. The van der Waals surface area contributed by atoms with E-state index in [1.807, 2.05) is 65.0 Å². The number of carbonyl (C=O) groups excluding carboxylic acids is 2. The summed E-state index contributed by atoms with van der Waals surface area (Å²) in [6.45, 7) is 11.4. The average molecular weight is 550 g/mol. The second-order valence-electron chi connectivity index (χ2n) is 10.0. The highest BCUT2D eigenvalue weighted by molar-refractivity contribution is 7.92. The highest BCUT2D eigenvalue weighted by atomic mass is 32.2. The van der Waals surface area contributed by atoms with E-state index < -0.39 is 28.5 Å². The predicted octanol–water partition coefficient (Wildman–Crippen LogP) is 5.06. The quantitative estimate of drug-likeness (QED) is 0.362. The summed E-state index contributed by atoms with van der Waals surface area (Å²) in [6, 6.07) is 18.9. The molecule has 3 aromatic carbocycles. The number of benzene rings is 3. The summed E-state index contributed by atoms with van der Waals surface area (Å²) >= 11 is 0. The van der Waals surface area contributed by atoms with Gasteiger partial charge in [0.15, 0.2) is 0 Å². The van der Waals surface area contributed by atoms with Gasteiger partial charge < -0.3 is 10.2 Å². The molecule has 0 heterocycles. The third-order valence-electron chi connectivity index (χ3n) is 6.88. The van der Waals surface area contributed by atoms with E-state index in [0.29, 0.717) is 12.2 Å². The van der Waals surface area contributed by atoms with Gasteiger partial charge in [0.2, 0.25) is 11.8 Å². The lowest BCUT2D eigenvalue weighted by Gasteiger charge is -2.32. The first-order valence-corrected chi connectivity index (χ1v) is 14.7. The van der Waals surface area contributed by atoms with Gasteiger partial charge in [0.05, 0.1) is 10.6 Å². The Morgan fingerprint density at radius 1 is 0.897 bits per heavy atom. The maximum Gasteiger partial charge on any atom is 0.264 e. The van der Waals surface area contributed by atoms with Crippen LogP contribution in [-0.2, 0) is 26.2 Å². The molecule has 0 bridgehead atoms. The summed E-state index contributed by atoms with van der Waals surface area (Å²) < 4.78 is 29.1. The maximum atomic E-state index is 14.0. The first-order valence-electron chi connectivity index (χ1n) is 13.2. The van der Waals surface area contributed by atoms with Gasteiger partial charge in [0, 0.05) is 13.1 Å². The number of hydrogen-bond donors (Lipinski definition) is 1. The van der Waals surface area contributed by atoms with Crippen LogP contribution in [0.25, 0.3) is 0 Å².